The fraction of sp³-hybridized carbons (Fsp3) is 0.250. The molecule has 1 aromatic rings. The van der Waals surface area contributed by atoms with Gasteiger partial charge in [-0.25, -0.2) is 0 Å². The van der Waals surface area contributed by atoms with E-state index in [1.165, 1.54) is 19.3 Å². The van der Waals surface area contributed by atoms with Crippen molar-refractivity contribution < 1.29 is 22.7 Å². The number of rotatable bonds is 3. The fourth-order valence-electron chi connectivity index (χ4n) is 1.20. The van der Waals surface area contributed by atoms with Gasteiger partial charge in [0, 0.05) is 4.47 Å². The number of carbonyl (C=O) groups is 1. The summed E-state index contributed by atoms with van der Waals surface area (Å²) in [5.41, 5.74) is -0.161. The van der Waals surface area contributed by atoms with Crippen molar-refractivity contribution in [3.63, 3.8) is 0 Å². The summed E-state index contributed by atoms with van der Waals surface area (Å²) in [7, 11) is 1.27. The quantitative estimate of drug-likeness (QED) is 0.785. The molecule has 0 aliphatic carbocycles. The lowest BCUT2D eigenvalue weighted by Crippen LogP contribution is -2.04. The first-order chi connectivity index (χ1) is 8.34. The van der Waals surface area contributed by atoms with Gasteiger partial charge in [0.25, 0.3) is 0 Å². The summed E-state index contributed by atoms with van der Waals surface area (Å²) < 4.78 is 42.0. The molecule has 0 radical (unpaired) electrons. The van der Waals surface area contributed by atoms with E-state index >= 15 is 0 Å². The molecule has 0 aromatic heterocycles. The van der Waals surface area contributed by atoms with Crippen LogP contribution in [0.1, 0.15) is 17.5 Å². The zero-order valence-corrected chi connectivity index (χ0v) is 11.0. The molecular formula is C12H10BrF3O2. The topological polar surface area (TPSA) is 26.3 Å². The van der Waals surface area contributed by atoms with Crippen molar-refractivity contribution in [1.29, 1.82) is 0 Å². The van der Waals surface area contributed by atoms with Crippen molar-refractivity contribution in [1.82, 2.24) is 0 Å². The van der Waals surface area contributed by atoms with Crippen LogP contribution in [0.5, 0.6) is 0 Å². The number of methoxy groups -OCH3 is 1. The molecule has 0 aliphatic heterocycles. The minimum absolute atomic E-state index is 0.0734. The van der Waals surface area contributed by atoms with Gasteiger partial charge in [0.2, 0.25) is 0 Å². The molecule has 0 bridgehead atoms. The standard InChI is InChI=1S/C12H10BrF3O2/c1-18-11(17)4-2-3-8-5-6-9(7-10(8)13)12(14,15)16/h2-3,5-7H,4H2,1H3. The second-order valence-electron chi connectivity index (χ2n) is 3.42. The minimum Gasteiger partial charge on any atom is -0.469 e. The molecule has 18 heavy (non-hydrogen) atoms. The SMILES string of the molecule is COC(=O)CC=Cc1ccc(C(F)(F)F)cc1Br. The molecule has 0 spiro atoms. The Hall–Kier alpha value is -1.30. The number of benzene rings is 1. The van der Waals surface area contributed by atoms with Crippen molar-refractivity contribution in [2.24, 2.45) is 0 Å². The molecule has 0 amide bonds. The van der Waals surface area contributed by atoms with Crippen LogP contribution in [0.3, 0.4) is 0 Å². The summed E-state index contributed by atoms with van der Waals surface area (Å²) in [6.45, 7) is 0. The predicted molar refractivity (Wildman–Crippen MR) is 64.8 cm³/mol. The molecule has 0 N–H and O–H groups in total. The minimum atomic E-state index is -4.36. The highest BCUT2D eigenvalue weighted by molar-refractivity contribution is 9.10. The van der Waals surface area contributed by atoms with E-state index in [0.29, 0.717) is 10.0 Å². The molecular weight excluding hydrogens is 313 g/mol. The summed E-state index contributed by atoms with van der Waals surface area (Å²) in [4.78, 5) is 10.8. The van der Waals surface area contributed by atoms with Crippen molar-refractivity contribution in [3.05, 3.63) is 39.9 Å². The largest absolute Gasteiger partial charge is 0.469 e. The van der Waals surface area contributed by atoms with E-state index in [9.17, 15) is 18.0 Å². The Morgan fingerprint density at radius 2 is 2.11 bits per heavy atom. The van der Waals surface area contributed by atoms with Crippen LogP contribution in [0.25, 0.3) is 6.08 Å². The maximum atomic E-state index is 12.4. The Balaban J connectivity index is 2.84. The van der Waals surface area contributed by atoms with E-state index in [0.717, 1.165) is 12.1 Å². The number of hydrogen-bond donors (Lipinski definition) is 0. The van der Waals surface area contributed by atoms with Crippen LogP contribution in [-0.2, 0) is 15.7 Å². The Morgan fingerprint density at radius 1 is 1.44 bits per heavy atom. The lowest BCUT2D eigenvalue weighted by molar-refractivity contribution is -0.139. The van der Waals surface area contributed by atoms with Gasteiger partial charge in [0.05, 0.1) is 19.1 Å². The van der Waals surface area contributed by atoms with Crippen molar-refractivity contribution in [2.45, 2.75) is 12.6 Å². The number of ether oxygens (including phenoxy) is 1. The van der Waals surface area contributed by atoms with Gasteiger partial charge in [-0.3, -0.25) is 4.79 Å². The third-order valence-corrected chi connectivity index (χ3v) is 2.82. The molecule has 0 heterocycles. The highest BCUT2D eigenvalue weighted by atomic mass is 79.9. The van der Waals surface area contributed by atoms with Crippen molar-refractivity contribution >= 4 is 28.0 Å². The Bertz CT molecular complexity index is 467. The van der Waals surface area contributed by atoms with Crippen LogP contribution < -0.4 is 0 Å². The summed E-state index contributed by atoms with van der Waals surface area (Å²) in [5, 5.41) is 0. The molecule has 98 valence electrons. The third-order valence-electron chi connectivity index (χ3n) is 2.14. The lowest BCUT2D eigenvalue weighted by Gasteiger charge is -2.08. The van der Waals surface area contributed by atoms with Crippen molar-refractivity contribution in [2.75, 3.05) is 7.11 Å². The number of hydrogen-bond acceptors (Lipinski definition) is 2. The fourth-order valence-corrected chi connectivity index (χ4v) is 1.72. The van der Waals surface area contributed by atoms with Gasteiger partial charge in [-0.05, 0) is 17.7 Å². The molecule has 1 aromatic carbocycles. The average molecular weight is 323 g/mol. The van der Waals surface area contributed by atoms with Gasteiger partial charge in [-0.1, -0.05) is 34.1 Å². The van der Waals surface area contributed by atoms with Gasteiger partial charge >= 0.3 is 12.1 Å². The maximum Gasteiger partial charge on any atom is 0.416 e. The van der Waals surface area contributed by atoms with E-state index in [-0.39, 0.29) is 6.42 Å². The summed E-state index contributed by atoms with van der Waals surface area (Å²) in [5.74, 6) is -0.408. The number of esters is 1. The Kier molecular flexibility index (Phi) is 4.95. The number of halogens is 4. The van der Waals surface area contributed by atoms with Crippen LogP contribution >= 0.6 is 15.9 Å². The number of alkyl halides is 3. The molecule has 0 fully saturated rings. The Labute approximate surface area is 111 Å². The van der Waals surface area contributed by atoms with E-state index in [2.05, 4.69) is 20.7 Å². The normalized spacial score (nSPS) is 11.8. The van der Waals surface area contributed by atoms with Crippen molar-refractivity contribution in [3.8, 4) is 0 Å². The first-order valence-electron chi connectivity index (χ1n) is 4.94. The van der Waals surface area contributed by atoms with Gasteiger partial charge in [0.15, 0.2) is 0 Å². The third kappa shape index (κ3) is 4.18. The predicted octanol–water partition coefficient (Wildman–Crippen LogP) is 4.04. The smallest absolute Gasteiger partial charge is 0.416 e. The second kappa shape index (κ2) is 6.04. The van der Waals surface area contributed by atoms with Gasteiger partial charge in [-0.2, -0.15) is 13.2 Å². The first-order valence-corrected chi connectivity index (χ1v) is 5.74. The van der Waals surface area contributed by atoms with E-state index < -0.39 is 17.7 Å². The first kappa shape index (κ1) is 14.8. The maximum absolute atomic E-state index is 12.4. The molecule has 0 aliphatic rings. The molecule has 0 unspecified atom stereocenters. The van der Waals surface area contributed by atoms with Crippen LogP contribution in [0.2, 0.25) is 0 Å². The summed E-state index contributed by atoms with van der Waals surface area (Å²) in [6, 6.07) is 3.32. The zero-order chi connectivity index (χ0) is 13.8. The molecule has 0 saturated heterocycles. The van der Waals surface area contributed by atoms with E-state index in [1.54, 1.807) is 6.08 Å². The van der Waals surface area contributed by atoms with Gasteiger partial charge in [-0.15, -0.1) is 0 Å². The van der Waals surface area contributed by atoms with E-state index in [1.807, 2.05) is 0 Å². The molecule has 1 rings (SSSR count). The summed E-state index contributed by atoms with van der Waals surface area (Å²) in [6.07, 6.45) is -1.21. The second-order valence-corrected chi connectivity index (χ2v) is 4.27. The van der Waals surface area contributed by atoms with Gasteiger partial charge < -0.3 is 4.74 Å². The molecule has 2 nitrogen and oxygen atoms in total. The average Bonchev–Trinajstić information content (AvgIpc) is 2.29. The van der Waals surface area contributed by atoms with E-state index in [4.69, 9.17) is 0 Å². The highest BCUT2D eigenvalue weighted by Crippen LogP contribution is 2.32. The summed E-state index contributed by atoms with van der Waals surface area (Å²) >= 11 is 3.06. The van der Waals surface area contributed by atoms with Crippen LogP contribution in [0.15, 0.2) is 28.7 Å². The molecule has 0 atom stereocenters. The zero-order valence-electron chi connectivity index (χ0n) is 9.42. The van der Waals surface area contributed by atoms with Crippen LogP contribution in [-0.4, -0.2) is 13.1 Å². The van der Waals surface area contributed by atoms with Gasteiger partial charge in [0.1, 0.15) is 0 Å². The van der Waals surface area contributed by atoms with Crippen LogP contribution in [0.4, 0.5) is 13.2 Å². The van der Waals surface area contributed by atoms with Crippen LogP contribution in [0, 0.1) is 0 Å². The lowest BCUT2D eigenvalue weighted by atomic mass is 10.1. The highest BCUT2D eigenvalue weighted by Gasteiger charge is 2.30. The number of carbonyl (C=O) groups excluding carboxylic acids is 1. The molecule has 6 heteroatoms. The molecule has 0 saturated carbocycles. The monoisotopic (exact) mass is 322 g/mol. The Morgan fingerprint density at radius 3 is 2.61 bits per heavy atom.